The van der Waals surface area contributed by atoms with Gasteiger partial charge in [-0.2, -0.15) is 0 Å². The lowest BCUT2D eigenvalue weighted by Gasteiger charge is -2.11. The second-order valence-electron chi connectivity index (χ2n) is 4.19. The zero-order valence-corrected chi connectivity index (χ0v) is 11.6. The summed E-state index contributed by atoms with van der Waals surface area (Å²) >= 11 is 0. The summed E-state index contributed by atoms with van der Waals surface area (Å²) in [6, 6.07) is 0. The molecule has 0 radical (unpaired) electrons. The van der Waals surface area contributed by atoms with Crippen molar-refractivity contribution < 1.29 is 19.4 Å². The van der Waals surface area contributed by atoms with E-state index >= 15 is 0 Å². The van der Waals surface area contributed by atoms with Crippen molar-refractivity contribution in [3.63, 3.8) is 0 Å². The Morgan fingerprint density at radius 2 is 2.00 bits per heavy atom. The highest BCUT2D eigenvalue weighted by atomic mass is 16.5. The zero-order valence-electron chi connectivity index (χ0n) is 11.6. The van der Waals surface area contributed by atoms with E-state index in [1.54, 1.807) is 6.92 Å². The molecule has 0 fully saturated rings. The van der Waals surface area contributed by atoms with Crippen LogP contribution in [0.5, 0.6) is 0 Å². The van der Waals surface area contributed by atoms with E-state index < -0.39 is 6.10 Å². The van der Waals surface area contributed by atoms with Gasteiger partial charge in [-0.3, -0.25) is 4.79 Å². The summed E-state index contributed by atoms with van der Waals surface area (Å²) in [5.74, 6) is -0.352. The maximum atomic E-state index is 11.1. The van der Waals surface area contributed by atoms with E-state index in [1.807, 2.05) is 0 Å². The molecule has 0 aromatic heterocycles. The van der Waals surface area contributed by atoms with Crippen molar-refractivity contribution in [1.29, 1.82) is 0 Å². The van der Waals surface area contributed by atoms with Crippen LogP contribution in [0.3, 0.4) is 0 Å². The third kappa shape index (κ3) is 11.8. The van der Waals surface area contributed by atoms with Gasteiger partial charge in [0.1, 0.15) is 0 Å². The van der Waals surface area contributed by atoms with Gasteiger partial charge in [0, 0.05) is 19.8 Å². The Bertz CT molecular complexity index is 199. The van der Waals surface area contributed by atoms with Gasteiger partial charge in [-0.15, -0.1) is 0 Å². The second-order valence-corrected chi connectivity index (χ2v) is 4.19. The summed E-state index contributed by atoms with van der Waals surface area (Å²) < 4.78 is 10.1. The van der Waals surface area contributed by atoms with Gasteiger partial charge in [-0.05, 0) is 26.3 Å². The standard InChI is InChI=1S/C13H27NO4/c1-3-5-8-17-9-6-7-14-11-12(15)10-13(16)18-4-2/h12,14-15H,3-11H2,1-2H3. The van der Waals surface area contributed by atoms with Crippen LogP contribution in [0.4, 0.5) is 0 Å². The highest BCUT2D eigenvalue weighted by Crippen LogP contribution is 1.94. The molecule has 0 aromatic rings. The zero-order chi connectivity index (χ0) is 13.6. The number of carbonyl (C=O) groups excluding carboxylic acids is 1. The third-order valence-corrected chi connectivity index (χ3v) is 2.37. The highest BCUT2D eigenvalue weighted by Gasteiger charge is 2.10. The van der Waals surface area contributed by atoms with Crippen LogP contribution < -0.4 is 5.32 Å². The predicted octanol–water partition coefficient (Wildman–Crippen LogP) is 1.10. The highest BCUT2D eigenvalue weighted by molar-refractivity contribution is 5.69. The van der Waals surface area contributed by atoms with E-state index in [0.717, 1.165) is 39.0 Å². The average Bonchev–Trinajstić information content (AvgIpc) is 2.32. The van der Waals surface area contributed by atoms with E-state index in [0.29, 0.717) is 13.2 Å². The number of hydrogen-bond acceptors (Lipinski definition) is 5. The van der Waals surface area contributed by atoms with Gasteiger partial charge in [0.05, 0.1) is 19.1 Å². The minimum Gasteiger partial charge on any atom is -0.466 e. The number of aliphatic hydroxyl groups is 1. The maximum Gasteiger partial charge on any atom is 0.308 e. The summed E-state index contributed by atoms with van der Waals surface area (Å²) in [4.78, 5) is 11.1. The van der Waals surface area contributed by atoms with Crippen molar-refractivity contribution in [2.24, 2.45) is 0 Å². The Morgan fingerprint density at radius 3 is 2.67 bits per heavy atom. The molecule has 2 N–H and O–H groups in total. The molecule has 1 unspecified atom stereocenters. The molecule has 108 valence electrons. The van der Waals surface area contributed by atoms with Crippen LogP contribution in [0.1, 0.15) is 39.5 Å². The van der Waals surface area contributed by atoms with Crippen LogP contribution in [-0.4, -0.2) is 50.1 Å². The number of carbonyl (C=O) groups is 1. The molecule has 1 atom stereocenters. The quantitative estimate of drug-likeness (QED) is 0.407. The molecule has 0 heterocycles. The second kappa shape index (κ2) is 12.8. The summed E-state index contributed by atoms with van der Waals surface area (Å²) in [6.45, 7) is 6.99. The minimum absolute atomic E-state index is 0.0494. The number of esters is 1. The summed E-state index contributed by atoms with van der Waals surface area (Å²) in [6.07, 6.45) is 2.54. The Kier molecular flexibility index (Phi) is 12.3. The fraction of sp³-hybridized carbons (Fsp3) is 0.923. The molecule has 0 bridgehead atoms. The molecule has 0 aliphatic heterocycles. The molecule has 0 saturated carbocycles. The summed E-state index contributed by atoms with van der Waals surface area (Å²) in [5, 5.41) is 12.6. The first-order valence-electron chi connectivity index (χ1n) is 6.82. The molecule has 0 amide bonds. The first-order chi connectivity index (χ1) is 8.70. The van der Waals surface area contributed by atoms with E-state index in [2.05, 4.69) is 12.2 Å². The summed E-state index contributed by atoms with van der Waals surface area (Å²) in [5.41, 5.74) is 0. The predicted molar refractivity (Wildman–Crippen MR) is 70.5 cm³/mol. The van der Waals surface area contributed by atoms with Crippen LogP contribution in [0, 0.1) is 0 Å². The topological polar surface area (TPSA) is 67.8 Å². The molecular weight excluding hydrogens is 234 g/mol. The van der Waals surface area contributed by atoms with Crippen molar-refractivity contribution in [2.45, 2.75) is 45.6 Å². The fourth-order valence-corrected chi connectivity index (χ4v) is 1.40. The van der Waals surface area contributed by atoms with Crippen LogP contribution in [-0.2, 0) is 14.3 Å². The molecule has 5 heteroatoms. The largest absolute Gasteiger partial charge is 0.466 e. The molecule has 0 spiro atoms. The van der Waals surface area contributed by atoms with Gasteiger partial charge in [0.25, 0.3) is 0 Å². The Balaban J connectivity index is 3.24. The third-order valence-electron chi connectivity index (χ3n) is 2.37. The first-order valence-corrected chi connectivity index (χ1v) is 6.82. The fourth-order valence-electron chi connectivity index (χ4n) is 1.40. The maximum absolute atomic E-state index is 11.1. The molecule has 0 saturated heterocycles. The molecular formula is C13H27NO4. The smallest absolute Gasteiger partial charge is 0.308 e. The van der Waals surface area contributed by atoms with Gasteiger partial charge < -0.3 is 19.9 Å². The average molecular weight is 261 g/mol. The molecule has 0 rings (SSSR count). The molecule has 5 nitrogen and oxygen atoms in total. The van der Waals surface area contributed by atoms with Crippen molar-refractivity contribution in [2.75, 3.05) is 32.9 Å². The van der Waals surface area contributed by atoms with E-state index in [-0.39, 0.29) is 12.4 Å². The monoisotopic (exact) mass is 261 g/mol. The Morgan fingerprint density at radius 1 is 1.28 bits per heavy atom. The van der Waals surface area contributed by atoms with Crippen LogP contribution >= 0.6 is 0 Å². The van der Waals surface area contributed by atoms with Crippen molar-refractivity contribution in [3.8, 4) is 0 Å². The minimum atomic E-state index is -0.676. The molecule has 0 aliphatic rings. The van der Waals surface area contributed by atoms with Crippen molar-refractivity contribution >= 4 is 5.97 Å². The lowest BCUT2D eigenvalue weighted by atomic mass is 10.2. The van der Waals surface area contributed by atoms with Crippen molar-refractivity contribution in [3.05, 3.63) is 0 Å². The molecule has 18 heavy (non-hydrogen) atoms. The van der Waals surface area contributed by atoms with Gasteiger partial charge in [0.2, 0.25) is 0 Å². The number of ether oxygens (including phenoxy) is 2. The number of hydrogen-bond donors (Lipinski definition) is 2. The Labute approximate surface area is 110 Å². The van der Waals surface area contributed by atoms with E-state index in [4.69, 9.17) is 9.47 Å². The van der Waals surface area contributed by atoms with Gasteiger partial charge >= 0.3 is 5.97 Å². The van der Waals surface area contributed by atoms with E-state index in [1.165, 1.54) is 0 Å². The van der Waals surface area contributed by atoms with Crippen LogP contribution in [0.2, 0.25) is 0 Å². The summed E-state index contributed by atoms with van der Waals surface area (Å²) in [7, 11) is 0. The first kappa shape index (κ1) is 17.4. The lowest BCUT2D eigenvalue weighted by Crippen LogP contribution is -2.30. The number of aliphatic hydroxyl groups excluding tert-OH is 1. The van der Waals surface area contributed by atoms with E-state index in [9.17, 15) is 9.90 Å². The van der Waals surface area contributed by atoms with Crippen LogP contribution in [0.15, 0.2) is 0 Å². The number of rotatable bonds is 12. The van der Waals surface area contributed by atoms with Gasteiger partial charge in [-0.25, -0.2) is 0 Å². The lowest BCUT2D eigenvalue weighted by molar-refractivity contribution is -0.145. The van der Waals surface area contributed by atoms with Gasteiger partial charge in [-0.1, -0.05) is 13.3 Å². The van der Waals surface area contributed by atoms with Crippen LogP contribution in [0.25, 0.3) is 0 Å². The Hall–Kier alpha value is -0.650. The SMILES string of the molecule is CCCCOCCCNCC(O)CC(=O)OCC. The number of nitrogens with one attached hydrogen (secondary N) is 1. The van der Waals surface area contributed by atoms with Crippen molar-refractivity contribution in [1.82, 2.24) is 5.32 Å². The van der Waals surface area contributed by atoms with Gasteiger partial charge in [0.15, 0.2) is 0 Å². The normalized spacial score (nSPS) is 12.4. The number of unbranched alkanes of at least 4 members (excludes halogenated alkanes) is 1. The molecule has 0 aliphatic carbocycles. The molecule has 0 aromatic carbocycles.